The molecule has 2 saturated heterocycles. The second-order valence-corrected chi connectivity index (χ2v) is 6.98. The molecular formula is C16H25N3O3. The molecule has 0 aliphatic carbocycles. The molecule has 3 heterocycles. The minimum atomic E-state index is -0.159. The third-order valence-electron chi connectivity index (χ3n) is 4.58. The molecule has 0 N–H and O–H groups in total. The van der Waals surface area contributed by atoms with Crippen molar-refractivity contribution >= 4 is 5.91 Å². The van der Waals surface area contributed by atoms with Gasteiger partial charge >= 0.3 is 0 Å². The van der Waals surface area contributed by atoms with Crippen molar-refractivity contribution in [2.24, 2.45) is 5.92 Å². The molecule has 1 spiro atoms. The van der Waals surface area contributed by atoms with Crippen LogP contribution in [0.5, 0.6) is 0 Å². The van der Waals surface area contributed by atoms with E-state index >= 15 is 0 Å². The molecule has 3 rings (SSSR count). The highest BCUT2D eigenvalue weighted by Crippen LogP contribution is 2.37. The average molecular weight is 307 g/mol. The molecular weight excluding hydrogens is 282 g/mol. The molecule has 2 aliphatic heterocycles. The molecule has 1 aromatic rings. The van der Waals surface area contributed by atoms with Gasteiger partial charge in [-0.2, -0.15) is 0 Å². The van der Waals surface area contributed by atoms with Crippen molar-refractivity contribution in [3.8, 4) is 0 Å². The number of aryl methyl sites for hydroxylation is 1. The summed E-state index contributed by atoms with van der Waals surface area (Å²) in [5.41, 5.74) is 0.241. The fourth-order valence-corrected chi connectivity index (χ4v) is 3.76. The number of likely N-dealkylation sites (tertiary alicyclic amines) is 1. The largest absolute Gasteiger partial charge is 0.373 e. The molecule has 2 aliphatic rings. The summed E-state index contributed by atoms with van der Waals surface area (Å²) in [5.74, 6) is 1.17. The number of carbonyl (C=O) groups is 1. The summed E-state index contributed by atoms with van der Waals surface area (Å²) in [4.78, 5) is 16.6. The second kappa shape index (κ2) is 6.01. The number of ether oxygens (including phenoxy) is 1. The number of amides is 1. The third kappa shape index (κ3) is 3.17. The Morgan fingerprint density at radius 2 is 2.36 bits per heavy atom. The van der Waals surface area contributed by atoms with Crippen LogP contribution in [0.1, 0.15) is 35.5 Å². The van der Waals surface area contributed by atoms with E-state index in [4.69, 9.17) is 9.26 Å². The van der Waals surface area contributed by atoms with Gasteiger partial charge in [0.15, 0.2) is 5.69 Å². The number of hydrogen-bond donors (Lipinski definition) is 0. The van der Waals surface area contributed by atoms with Crippen molar-refractivity contribution in [3.63, 3.8) is 0 Å². The third-order valence-corrected chi connectivity index (χ3v) is 4.58. The number of piperidine rings is 1. The minimum absolute atomic E-state index is 0.0458. The van der Waals surface area contributed by atoms with Crippen LogP contribution in [0.15, 0.2) is 10.6 Å². The number of aromatic nitrogens is 1. The maximum atomic E-state index is 12.6. The summed E-state index contributed by atoms with van der Waals surface area (Å²) in [6.45, 7) is 5.07. The monoisotopic (exact) mass is 307 g/mol. The Labute approximate surface area is 131 Å². The normalized spacial score (nSPS) is 28.7. The van der Waals surface area contributed by atoms with E-state index in [-0.39, 0.29) is 11.5 Å². The van der Waals surface area contributed by atoms with Crippen molar-refractivity contribution in [2.75, 3.05) is 40.3 Å². The summed E-state index contributed by atoms with van der Waals surface area (Å²) in [6, 6.07) is 1.70. The van der Waals surface area contributed by atoms with E-state index in [9.17, 15) is 4.79 Å². The fourth-order valence-electron chi connectivity index (χ4n) is 3.76. The van der Waals surface area contributed by atoms with Crippen molar-refractivity contribution in [2.45, 2.75) is 31.8 Å². The van der Waals surface area contributed by atoms with Gasteiger partial charge in [0, 0.05) is 19.2 Å². The quantitative estimate of drug-likeness (QED) is 0.848. The molecule has 2 fully saturated rings. The van der Waals surface area contributed by atoms with E-state index in [1.54, 1.807) is 13.0 Å². The average Bonchev–Trinajstić information content (AvgIpc) is 3.05. The Morgan fingerprint density at radius 1 is 1.55 bits per heavy atom. The van der Waals surface area contributed by atoms with Gasteiger partial charge in [-0.1, -0.05) is 5.16 Å². The highest BCUT2D eigenvalue weighted by molar-refractivity contribution is 5.92. The van der Waals surface area contributed by atoms with Crippen LogP contribution >= 0.6 is 0 Å². The summed E-state index contributed by atoms with van der Waals surface area (Å²) in [6.07, 6.45) is 3.06. The lowest BCUT2D eigenvalue weighted by atomic mass is 9.86. The molecule has 1 amide bonds. The van der Waals surface area contributed by atoms with Gasteiger partial charge in [0.05, 0.1) is 18.8 Å². The summed E-state index contributed by atoms with van der Waals surface area (Å²) >= 11 is 0. The molecule has 0 bridgehead atoms. The van der Waals surface area contributed by atoms with Gasteiger partial charge in [-0.3, -0.25) is 4.79 Å². The summed E-state index contributed by atoms with van der Waals surface area (Å²) in [5, 5.41) is 3.85. The number of hydrogen-bond acceptors (Lipinski definition) is 5. The highest BCUT2D eigenvalue weighted by Gasteiger charge is 2.44. The van der Waals surface area contributed by atoms with Crippen LogP contribution in [0.3, 0.4) is 0 Å². The number of nitrogens with zero attached hydrogens (tertiary/aromatic N) is 3. The maximum absolute atomic E-state index is 12.6. The first-order valence-electron chi connectivity index (χ1n) is 7.99. The van der Waals surface area contributed by atoms with E-state index in [2.05, 4.69) is 24.2 Å². The molecule has 0 radical (unpaired) electrons. The molecule has 1 aromatic heterocycles. The Bertz CT molecular complexity index is 542. The lowest BCUT2D eigenvalue weighted by Crippen LogP contribution is -2.50. The highest BCUT2D eigenvalue weighted by atomic mass is 16.5. The lowest BCUT2D eigenvalue weighted by Gasteiger charge is -2.39. The van der Waals surface area contributed by atoms with Crippen LogP contribution in [0.2, 0.25) is 0 Å². The minimum Gasteiger partial charge on any atom is -0.373 e. The molecule has 2 unspecified atom stereocenters. The van der Waals surface area contributed by atoms with E-state index in [1.807, 2.05) is 4.90 Å². The van der Waals surface area contributed by atoms with Crippen molar-refractivity contribution in [1.82, 2.24) is 15.0 Å². The zero-order valence-corrected chi connectivity index (χ0v) is 13.7. The van der Waals surface area contributed by atoms with Gasteiger partial charge in [-0.15, -0.1) is 0 Å². The molecule has 122 valence electrons. The Balaban J connectivity index is 1.66. The number of carbonyl (C=O) groups excluding carboxylic acids is 1. The van der Waals surface area contributed by atoms with Gasteiger partial charge in [-0.25, -0.2) is 0 Å². The first-order chi connectivity index (χ1) is 10.5. The van der Waals surface area contributed by atoms with Gasteiger partial charge in [0.25, 0.3) is 5.91 Å². The van der Waals surface area contributed by atoms with E-state index < -0.39 is 0 Å². The Morgan fingerprint density at radius 3 is 3.05 bits per heavy atom. The van der Waals surface area contributed by atoms with E-state index in [1.165, 1.54) is 0 Å². The van der Waals surface area contributed by atoms with Gasteiger partial charge in [0.1, 0.15) is 5.76 Å². The molecule has 0 saturated carbocycles. The molecule has 6 nitrogen and oxygen atoms in total. The van der Waals surface area contributed by atoms with Gasteiger partial charge in [0.2, 0.25) is 0 Å². The Kier molecular flexibility index (Phi) is 4.23. The first kappa shape index (κ1) is 15.5. The predicted octanol–water partition coefficient (Wildman–Crippen LogP) is 1.56. The molecule has 22 heavy (non-hydrogen) atoms. The van der Waals surface area contributed by atoms with E-state index in [0.29, 0.717) is 23.9 Å². The van der Waals surface area contributed by atoms with Crippen LogP contribution in [0, 0.1) is 12.8 Å². The summed E-state index contributed by atoms with van der Waals surface area (Å²) in [7, 11) is 4.18. The van der Waals surface area contributed by atoms with Crippen molar-refractivity contribution < 1.29 is 14.1 Å². The SMILES string of the molecule is Cc1cc(C(=O)N2CCCC3(CC(CN(C)C)CO3)C2)no1. The van der Waals surface area contributed by atoms with Crippen molar-refractivity contribution in [1.29, 1.82) is 0 Å². The van der Waals surface area contributed by atoms with Crippen LogP contribution in [0.4, 0.5) is 0 Å². The zero-order chi connectivity index (χ0) is 15.7. The molecule has 0 aromatic carbocycles. The van der Waals surface area contributed by atoms with Gasteiger partial charge < -0.3 is 19.1 Å². The standard InChI is InChI=1S/C16H25N3O3/c1-12-7-14(17-22-12)15(20)19-6-4-5-16(11-19)8-13(10-21-16)9-18(2)3/h7,13H,4-6,8-11H2,1-3H3. The first-order valence-corrected chi connectivity index (χ1v) is 7.99. The van der Waals surface area contributed by atoms with Crippen LogP contribution in [-0.2, 0) is 4.74 Å². The zero-order valence-electron chi connectivity index (χ0n) is 13.7. The summed E-state index contributed by atoms with van der Waals surface area (Å²) < 4.78 is 11.2. The van der Waals surface area contributed by atoms with Crippen LogP contribution < -0.4 is 0 Å². The van der Waals surface area contributed by atoms with Crippen LogP contribution in [-0.4, -0.2) is 66.8 Å². The van der Waals surface area contributed by atoms with Crippen molar-refractivity contribution in [3.05, 3.63) is 17.5 Å². The van der Waals surface area contributed by atoms with Gasteiger partial charge in [-0.05, 0) is 46.2 Å². The smallest absolute Gasteiger partial charge is 0.276 e. The second-order valence-electron chi connectivity index (χ2n) is 6.98. The molecule has 6 heteroatoms. The van der Waals surface area contributed by atoms with Crippen LogP contribution in [0.25, 0.3) is 0 Å². The predicted molar refractivity (Wildman–Crippen MR) is 81.7 cm³/mol. The topological polar surface area (TPSA) is 58.8 Å². The van der Waals surface area contributed by atoms with E-state index in [0.717, 1.165) is 39.0 Å². The maximum Gasteiger partial charge on any atom is 0.276 e. The lowest BCUT2D eigenvalue weighted by molar-refractivity contribution is -0.0452. The molecule has 2 atom stereocenters. The Hall–Kier alpha value is -1.40. The number of rotatable bonds is 3. The fraction of sp³-hybridized carbons (Fsp3) is 0.750.